The summed E-state index contributed by atoms with van der Waals surface area (Å²) in [4.78, 5) is 22.4. The molecule has 0 spiro atoms. The number of hydrogen-bond acceptors (Lipinski definition) is 3. The van der Waals surface area contributed by atoms with E-state index in [1.807, 2.05) is 13.8 Å². The van der Waals surface area contributed by atoms with E-state index in [-0.39, 0.29) is 23.6 Å². The van der Waals surface area contributed by atoms with Gasteiger partial charge in [0.25, 0.3) is 5.91 Å². The summed E-state index contributed by atoms with van der Waals surface area (Å²) in [5.41, 5.74) is 0.583. The molecule has 0 unspecified atom stereocenters. The summed E-state index contributed by atoms with van der Waals surface area (Å²) in [6.45, 7) is 5.07. The second-order valence-corrected chi connectivity index (χ2v) is 3.46. The second-order valence-electron chi connectivity index (χ2n) is 3.46. The lowest BCUT2D eigenvalue weighted by Crippen LogP contribution is -2.31. The van der Waals surface area contributed by atoms with Crippen LogP contribution in [0.2, 0.25) is 0 Å². The summed E-state index contributed by atoms with van der Waals surface area (Å²) in [5.74, 6) is -0.551. The Morgan fingerprint density at radius 1 is 1.47 bits per heavy atom. The van der Waals surface area contributed by atoms with E-state index in [0.717, 1.165) is 0 Å². The van der Waals surface area contributed by atoms with Crippen LogP contribution < -0.4 is 10.6 Å². The maximum Gasteiger partial charge on any atom is 0.274 e. The van der Waals surface area contributed by atoms with E-state index in [0.29, 0.717) is 5.69 Å². The maximum atomic E-state index is 11.6. The average Bonchev–Trinajstić information content (AvgIpc) is 2.49. The first-order chi connectivity index (χ1) is 7.00. The number of rotatable bonds is 3. The van der Waals surface area contributed by atoms with Crippen molar-refractivity contribution in [1.82, 2.24) is 15.5 Å². The Balaban J connectivity index is 2.80. The van der Waals surface area contributed by atoms with Crippen LogP contribution in [0.5, 0.6) is 0 Å². The summed E-state index contributed by atoms with van der Waals surface area (Å²) < 4.78 is 0. The molecule has 6 nitrogen and oxygen atoms in total. The highest BCUT2D eigenvalue weighted by Gasteiger charge is 2.15. The molecule has 1 aromatic rings. The third kappa shape index (κ3) is 3.08. The van der Waals surface area contributed by atoms with Crippen molar-refractivity contribution in [2.75, 3.05) is 5.32 Å². The van der Waals surface area contributed by atoms with Crippen molar-refractivity contribution in [1.29, 1.82) is 0 Å². The Labute approximate surface area is 87.4 Å². The predicted molar refractivity (Wildman–Crippen MR) is 55.5 cm³/mol. The number of carbonyl (C=O) groups is 2. The van der Waals surface area contributed by atoms with E-state index in [9.17, 15) is 9.59 Å². The first-order valence-corrected chi connectivity index (χ1v) is 4.63. The van der Waals surface area contributed by atoms with Gasteiger partial charge in [0.2, 0.25) is 5.91 Å². The SMILES string of the molecule is CC(=O)Nc1c[nH]nc1C(=O)NC(C)C. The van der Waals surface area contributed by atoms with Crippen LogP contribution in [0, 0.1) is 0 Å². The number of aromatic nitrogens is 2. The minimum atomic E-state index is -0.310. The van der Waals surface area contributed by atoms with Crippen molar-refractivity contribution in [2.24, 2.45) is 0 Å². The molecule has 1 heterocycles. The molecule has 0 fully saturated rings. The third-order valence-corrected chi connectivity index (χ3v) is 1.59. The summed E-state index contributed by atoms with van der Waals surface area (Å²) in [7, 11) is 0. The van der Waals surface area contributed by atoms with E-state index < -0.39 is 0 Å². The monoisotopic (exact) mass is 210 g/mol. The minimum absolute atomic E-state index is 0.0272. The summed E-state index contributed by atoms with van der Waals surface area (Å²) in [5, 5.41) is 11.5. The van der Waals surface area contributed by atoms with E-state index in [1.165, 1.54) is 13.1 Å². The number of hydrogen-bond donors (Lipinski definition) is 3. The fourth-order valence-corrected chi connectivity index (χ4v) is 1.08. The first kappa shape index (κ1) is 11.2. The molecule has 6 heteroatoms. The van der Waals surface area contributed by atoms with Crippen molar-refractivity contribution in [3.05, 3.63) is 11.9 Å². The van der Waals surface area contributed by atoms with Crippen LogP contribution >= 0.6 is 0 Å². The molecule has 15 heavy (non-hydrogen) atoms. The molecular formula is C9H14N4O2. The molecule has 0 aromatic carbocycles. The van der Waals surface area contributed by atoms with Gasteiger partial charge < -0.3 is 10.6 Å². The molecule has 1 rings (SSSR count). The summed E-state index contributed by atoms with van der Waals surface area (Å²) in [6.07, 6.45) is 1.47. The molecule has 1 aromatic heterocycles. The first-order valence-electron chi connectivity index (χ1n) is 4.63. The van der Waals surface area contributed by atoms with Crippen LogP contribution in [0.1, 0.15) is 31.3 Å². The standard InChI is InChI=1S/C9H14N4O2/c1-5(2)11-9(15)8-7(4-10-13-8)12-6(3)14/h4-5H,1-3H3,(H,10,13)(H,11,15)(H,12,14). The van der Waals surface area contributed by atoms with Crippen molar-refractivity contribution in [3.63, 3.8) is 0 Å². The van der Waals surface area contributed by atoms with Crippen molar-refractivity contribution in [2.45, 2.75) is 26.8 Å². The van der Waals surface area contributed by atoms with Crippen molar-refractivity contribution < 1.29 is 9.59 Å². The average molecular weight is 210 g/mol. The second kappa shape index (κ2) is 4.59. The van der Waals surface area contributed by atoms with E-state index in [2.05, 4.69) is 20.8 Å². The van der Waals surface area contributed by atoms with Crippen molar-refractivity contribution in [3.8, 4) is 0 Å². The van der Waals surface area contributed by atoms with Gasteiger partial charge in [0.15, 0.2) is 5.69 Å². The molecule has 0 atom stereocenters. The topological polar surface area (TPSA) is 86.9 Å². The van der Waals surface area contributed by atoms with Gasteiger partial charge in [-0.3, -0.25) is 14.7 Å². The van der Waals surface area contributed by atoms with E-state index >= 15 is 0 Å². The number of anilines is 1. The van der Waals surface area contributed by atoms with Gasteiger partial charge >= 0.3 is 0 Å². The van der Waals surface area contributed by atoms with Crippen LogP contribution in [0.3, 0.4) is 0 Å². The molecule has 0 aliphatic heterocycles. The molecule has 0 aliphatic rings. The van der Waals surface area contributed by atoms with Crippen LogP contribution in [0.25, 0.3) is 0 Å². The van der Waals surface area contributed by atoms with Gasteiger partial charge in [-0.2, -0.15) is 5.10 Å². The number of amides is 2. The van der Waals surface area contributed by atoms with Gasteiger partial charge in [-0.05, 0) is 13.8 Å². The number of nitrogens with zero attached hydrogens (tertiary/aromatic N) is 1. The molecule has 0 saturated heterocycles. The Morgan fingerprint density at radius 3 is 2.67 bits per heavy atom. The lowest BCUT2D eigenvalue weighted by Gasteiger charge is -2.07. The number of H-pyrrole nitrogens is 1. The Kier molecular flexibility index (Phi) is 3.43. The normalized spacial score (nSPS) is 10.1. The zero-order valence-electron chi connectivity index (χ0n) is 8.92. The van der Waals surface area contributed by atoms with Gasteiger partial charge in [-0.15, -0.1) is 0 Å². The highest BCUT2D eigenvalue weighted by Crippen LogP contribution is 2.11. The van der Waals surface area contributed by atoms with Crippen LogP contribution in [0.4, 0.5) is 5.69 Å². The van der Waals surface area contributed by atoms with Gasteiger partial charge in [0.05, 0.1) is 5.69 Å². The highest BCUT2D eigenvalue weighted by atomic mass is 16.2. The van der Waals surface area contributed by atoms with E-state index in [4.69, 9.17) is 0 Å². The lowest BCUT2D eigenvalue weighted by molar-refractivity contribution is -0.114. The van der Waals surface area contributed by atoms with Gasteiger partial charge in [-0.25, -0.2) is 0 Å². The fraction of sp³-hybridized carbons (Fsp3) is 0.444. The molecule has 0 bridgehead atoms. The van der Waals surface area contributed by atoms with Gasteiger partial charge in [0, 0.05) is 19.2 Å². The van der Waals surface area contributed by atoms with Crippen LogP contribution in [-0.4, -0.2) is 28.1 Å². The van der Waals surface area contributed by atoms with E-state index in [1.54, 1.807) is 0 Å². The zero-order chi connectivity index (χ0) is 11.4. The van der Waals surface area contributed by atoms with Crippen LogP contribution in [-0.2, 0) is 4.79 Å². The zero-order valence-corrected chi connectivity index (χ0v) is 8.92. The number of nitrogens with one attached hydrogen (secondary N) is 3. The Morgan fingerprint density at radius 2 is 2.13 bits per heavy atom. The number of carbonyl (C=O) groups excluding carboxylic acids is 2. The molecule has 0 saturated carbocycles. The quantitative estimate of drug-likeness (QED) is 0.679. The van der Waals surface area contributed by atoms with Gasteiger partial charge in [0.1, 0.15) is 0 Å². The summed E-state index contributed by atoms with van der Waals surface area (Å²) >= 11 is 0. The number of aromatic amines is 1. The Hall–Kier alpha value is -1.85. The summed E-state index contributed by atoms with van der Waals surface area (Å²) in [6, 6.07) is 0.0272. The Bertz CT molecular complexity index is 370. The predicted octanol–water partition coefficient (Wildman–Crippen LogP) is 0.506. The third-order valence-electron chi connectivity index (χ3n) is 1.59. The van der Waals surface area contributed by atoms with Crippen molar-refractivity contribution >= 4 is 17.5 Å². The molecule has 3 N–H and O–H groups in total. The maximum absolute atomic E-state index is 11.6. The molecule has 82 valence electrons. The molecular weight excluding hydrogens is 196 g/mol. The minimum Gasteiger partial charge on any atom is -0.348 e. The largest absolute Gasteiger partial charge is 0.348 e. The highest BCUT2D eigenvalue weighted by molar-refractivity contribution is 6.01. The van der Waals surface area contributed by atoms with Gasteiger partial charge in [-0.1, -0.05) is 0 Å². The fourth-order valence-electron chi connectivity index (χ4n) is 1.08. The lowest BCUT2D eigenvalue weighted by atomic mass is 10.3. The molecule has 0 radical (unpaired) electrons. The van der Waals surface area contributed by atoms with Crippen LogP contribution in [0.15, 0.2) is 6.20 Å². The molecule has 0 aliphatic carbocycles. The smallest absolute Gasteiger partial charge is 0.274 e. The molecule has 2 amide bonds.